The first-order chi connectivity index (χ1) is 10.2. The predicted octanol–water partition coefficient (Wildman–Crippen LogP) is 4.69. The van der Waals surface area contributed by atoms with Crippen LogP contribution in [0.3, 0.4) is 0 Å². The van der Waals surface area contributed by atoms with Gasteiger partial charge in [-0.1, -0.05) is 60.3 Å². The monoisotopic (exact) mass is 286 g/mol. The highest BCUT2D eigenvalue weighted by Gasteiger charge is 2.10. The molecule has 2 nitrogen and oxygen atoms in total. The maximum atomic E-state index is 12.8. The number of halogens is 2. The zero-order valence-corrected chi connectivity index (χ0v) is 11.3. The fraction of sp³-hybridized carbons (Fsp3) is 0.118. The van der Waals surface area contributed by atoms with Crippen LogP contribution >= 0.6 is 0 Å². The van der Waals surface area contributed by atoms with Gasteiger partial charge in [-0.15, -0.1) is 0 Å². The Bertz CT molecular complexity index is 638. The molecule has 4 heteroatoms. The van der Waals surface area contributed by atoms with Gasteiger partial charge in [-0.2, -0.15) is 0 Å². The molecule has 0 heterocycles. The van der Waals surface area contributed by atoms with E-state index in [1.807, 2.05) is 24.3 Å². The highest BCUT2D eigenvalue weighted by Crippen LogP contribution is 2.21. The van der Waals surface area contributed by atoms with Crippen LogP contribution in [0.5, 0.6) is 0 Å². The second kappa shape index (κ2) is 7.33. The van der Waals surface area contributed by atoms with Crippen molar-refractivity contribution in [3.05, 3.63) is 77.4 Å². The van der Waals surface area contributed by atoms with Crippen molar-refractivity contribution in [1.82, 2.24) is 0 Å². The highest BCUT2D eigenvalue weighted by atomic mass is 19.3. The molecule has 0 amide bonds. The summed E-state index contributed by atoms with van der Waals surface area (Å²) in [5.74, 6) is 0. The Hall–Kier alpha value is -2.49. The van der Waals surface area contributed by atoms with Crippen molar-refractivity contribution in [2.75, 3.05) is 0 Å². The summed E-state index contributed by atoms with van der Waals surface area (Å²) < 4.78 is 25.5. The molecule has 0 unspecified atom stereocenters. The van der Waals surface area contributed by atoms with Gasteiger partial charge in [0.15, 0.2) is 0 Å². The largest absolute Gasteiger partial charge is 0.390 e. The van der Waals surface area contributed by atoms with E-state index < -0.39 is 6.43 Å². The molecule has 107 valence electrons. The zero-order valence-electron chi connectivity index (χ0n) is 11.3. The van der Waals surface area contributed by atoms with Gasteiger partial charge >= 0.3 is 0 Å². The minimum Gasteiger partial charge on any atom is -0.390 e. The minimum absolute atomic E-state index is 0.112. The molecule has 0 saturated carbocycles. The summed E-state index contributed by atoms with van der Waals surface area (Å²) in [6.45, 7) is 3.93. The molecule has 2 aromatic carbocycles. The summed E-state index contributed by atoms with van der Waals surface area (Å²) in [4.78, 5) is 5.09. The van der Waals surface area contributed by atoms with Gasteiger partial charge < -0.3 is 4.84 Å². The van der Waals surface area contributed by atoms with Crippen LogP contribution in [-0.2, 0) is 11.4 Å². The fourth-order valence-electron chi connectivity index (χ4n) is 1.79. The normalized spacial score (nSPS) is 11.0. The topological polar surface area (TPSA) is 21.6 Å². The number of alkyl halides is 2. The molecule has 1 radical (unpaired) electrons. The van der Waals surface area contributed by atoms with Crippen LogP contribution in [0.1, 0.15) is 28.7 Å². The van der Waals surface area contributed by atoms with E-state index in [2.05, 4.69) is 17.9 Å². The van der Waals surface area contributed by atoms with Crippen molar-refractivity contribution in [3.8, 4) is 0 Å². The van der Waals surface area contributed by atoms with E-state index in [9.17, 15) is 8.78 Å². The molecule has 2 rings (SSSR count). The van der Waals surface area contributed by atoms with Crippen molar-refractivity contribution < 1.29 is 13.6 Å². The first-order valence-electron chi connectivity index (χ1n) is 6.37. The molecule has 0 atom stereocenters. The van der Waals surface area contributed by atoms with Crippen molar-refractivity contribution >= 4 is 12.3 Å². The fourth-order valence-corrected chi connectivity index (χ4v) is 1.79. The molecule has 0 saturated heterocycles. The zero-order chi connectivity index (χ0) is 15.1. The molecule has 0 fully saturated rings. The molecule has 21 heavy (non-hydrogen) atoms. The number of hydrogen-bond donors (Lipinski definition) is 0. The lowest BCUT2D eigenvalue weighted by Crippen LogP contribution is -1.94. The van der Waals surface area contributed by atoms with Crippen molar-refractivity contribution in [2.45, 2.75) is 13.0 Å². The predicted molar refractivity (Wildman–Crippen MR) is 79.3 cm³/mol. The lowest BCUT2D eigenvalue weighted by molar-refractivity contribution is 0.132. The van der Waals surface area contributed by atoms with E-state index in [1.165, 1.54) is 12.1 Å². The molecule has 0 spiro atoms. The SMILES string of the molecule is C=Cc1cccc(CO/N=[C]\c2ccccc2C(F)F)c1. The number of rotatable bonds is 6. The molecular weight excluding hydrogens is 272 g/mol. The Balaban J connectivity index is 1.98. The van der Waals surface area contributed by atoms with E-state index in [0.717, 1.165) is 11.1 Å². The summed E-state index contributed by atoms with van der Waals surface area (Å²) in [5.41, 5.74) is 2.01. The molecule has 2 aromatic rings. The first kappa shape index (κ1) is 14.9. The Kier molecular flexibility index (Phi) is 5.21. The summed E-state index contributed by atoms with van der Waals surface area (Å²) in [5, 5.41) is 3.63. The van der Waals surface area contributed by atoms with E-state index in [-0.39, 0.29) is 17.7 Å². The smallest absolute Gasteiger partial charge is 0.264 e. The molecular formula is C17H14F2NO. The maximum Gasteiger partial charge on any atom is 0.264 e. The second-order valence-corrected chi connectivity index (χ2v) is 4.31. The van der Waals surface area contributed by atoms with E-state index in [0.29, 0.717) is 0 Å². The van der Waals surface area contributed by atoms with Gasteiger partial charge in [0.1, 0.15) is 12.8 Å². The average molecular weight is 286 g/mol. The Labute approximate surface area is 122 Å². The summed E-state index contributed by atoms with van der Waals surface area (Å²) in [7, 11) is 0. The van der Waals surface area contributed by atoms with E-state index in [1.54, 1.807) is 18.2 Å². The Morgan fingerprint density at radius 1 is 1.19 bits per heavy atom. The van der Waals surface area contributed by atoms with Gasteiger partial charge in [0.2, 0.25) is 0 Å². The van der Waals surface area contributed by atoms with E-state index in [4.69, 9.17) is 4.84 Å². The molecule has 0 aliphatic heterocycles. The second-order valence-electron chi connectivity index (χ2n) is 4.31. The van der Waals surface area contributed by atoms with E-state index >= 15 is 0 Å². The molecule has 0 aromatic heterocycles. The van der Waals surface area contributed by atoms with Crippen LogP contribution < -0.4 is 0 Å². The van der Waals surface area contributed by atoms with Crippen LogP contribution in [0.2, 0.25) is 0 Å². The standard InChI is InChI=1S/C17H14F2NO/c1-2-13-6-5-7-14(10-13)12-21-20-11-15-8-3-4-9-16(15)17(18)19/h2-10,17H,1,12H2. The van der Waals surface area contributed by atoms with Gasteiger partial charge in [-0.05, 0) is 17.2 Å². The van der Waals surface area contributed by atoms with Crippen LogP contribution in [0, 0.1) is 0 Å². The third-order valence-electron chi connectivity index (χ3n) is 2.84. The highest BCUT2D eigenvalue weighted by molar-refractivity contribution is 5.81. The van der Waals surface area contributed by atoms with Crippen molar-refractivity contribution in [1.29, 1.82) is 0 Å². The summed E-state index contributed by atoms with van der Waals surface area (Å²) >= 11 is 0. The minimum atomic E-state index is -2.56. The molecule has 0 N–H and O–H groups in total. The molecule has 0 aliphatic carbocycles. The first-order valence-corrected chi connectivity index (χ1v) is 6.37. The number of hydrogen-bond acceptors (Lipinski definition) is 2. The Morgan fingerprint density at radius 2 is 2.00 bits per heavy atom. The van der Waals surface area contributed by atoms with Crippen LogP contribution in [0.25, 0.3) is 6.08 Å². The van der Waals surface area contributed by atoms with Gasteiger partial charge in [0.05, 0.1) is 0 Å². The summed E-state index contributed by atoms with van der Waals surface area (Å²) in [6, 6.07) is 13.7. The van der Waals surface area contributed by atoms with Crippen LogP contribution in [0.15, 0.2) is 60.3 Å². The van der Waals surface area contributed by atoms with Crippen LogP contribution in [-0.4, -0.2) is 6.21 Å². The van der Waals surface area contributed by atoms with Gasteiger partial charge in [-0.25, -0.2) is 8.78 Å². The third-order valence-corrected chi connectivity index (χ3v) is 2.84. The number of nitrogens with zero attached hydrogens (tertiary/aromatic N) is 1. The summed E-state index contributed by atoms with van der Waals surface area (Å²) in [6.07, 6.45) is 1.67. The lowest BCUT2D eigenvalue weighted by atomic mass is 10.1. The van der Waals surface area contributed by atoms with Gasteiger partial charge in [0.25, 0.3) is 6.43 Å². The van der Waals surface area contributed by atoms with Crippen LogP contribution in [0.4, 0.5) is 8.78 Å². The number of benzene rings is 2. The van der Waals surface area contributed by atoms with Crippen molar-refractivity contribution in [3.63, 3.8) is 0 Å². The quantitative estimate of drug-likeness (QED) is 0.557. The van der Waals surface area contributed by atoms with Crippen molar-refractivity contribution in [2.24, 2.45) is 5.16 Å². The molecule has 0 aliphatic rings. The third kappa shape index (κ3) is 4.24. The Morgan fingerprint density at radius 3 is 2.76 bits per heavy atom. The van der Waals surface area contributed by atoms with Gasteiger partial charge in [0, 0.05) is 11.1 Å². The average Bonchev–Trinajstić information content (AvgIpc) is 2.52. The maximum absolute atomic E-state index is 12.8. The molecule has 0 bridgehead atoms. The lowest BCUT2D eigenvalue weighted by Gasteiger charge is -2.03. The van der Waals surface area contributed by atoms with Gasteiger partial charge in [-0.3, -0.25) is 0 Å².